The Morgan fingerprint density at radius 3 is 2.69 bits per heavy atom. The summed E-state index contributed by atoms with van der Waals surface area (Å²) in [4.78, 5) is 37.9. The number of rotatable bonds is 7. The molecule has 0 atom stereocenters. The van der Waals surface area contributed by atoms with Crippen LogP contribution in [0.25, 0.3) is 5.69 Å². The van der Waals surface area contributed by atoms with E-state index in [0.717, 1.165) is 11.3 Å². The molecule has 1 aliphatic heterocycles. The minimum absolute atomic E-state index is 0.108. The molecule has 1 aromatic carbocycles. The zero-order valence-electron chi connectivity index (χ0n) is 14.6. The molecule has 2 heterocycles. The number of hydrogen-bond donors (Lipinski definition) is 1. The van der Waals surface area contributed by atoms with E-state index in [-0.39, 0.29) is 37.4 Å². The Kier molecular flexibility index (Phi) is 5.31. The van der Waals surface area contributed by atoms with E-state index in [0.29, 0.717) is 13.0 Å². The summed E-state index contributed by atoms with van der Waals surface area (Å²) in [5, 5.41) is 7.11. The van der Waals surface area contributed by atoms with E-state index in [1.807, 2.05) is 36.5 Å². The zero-order valence-corrected chi connectivity index (χ0v) is 14.6. The molecule has 0 saturated carbocycles. The van der Waals surface area contributed by atoms with Crippen molar-refractivity contribution >= 4 is 17.8 Å². The average molecular weight is 355 g/mol. The number of para-hydroxylation sites is 1. The summed E-state index contributed by atoms with van der Waals surface area (Å²) in [6.07, 6.45) is 4.28. The van der Waals surface area contributed by atoms with E-state index in [9.17, 15) is 14.4 Å². The highest BCUT2D eigenvalue weighted by molar-refractivity contribution is 6.01. The standard InChI is InChI=1S/C18H21N5O3/c1-21-13-17(25)22(18(21)26)9-5-8-16(24)19-10-14-11-20-23(12-14)15-6-3-2-4-7-15/h2-4,6-7,11-12H,5,8-10,13H2,1H3,(H,19,24). The summed E-state index contributed by atoms with van der Waals surface area (Å²) in [5.41, 5.74) is 1.85. The topological polar surface area (TPSA) is 87.5 Å². The lowest BCUT2D eigenvalue weighted by Crippen LogP contribution is -2.33. The van der Waals surface area contributed by atoms with E-state index < -0.39 is 0 Å². The molecule has 0 unspecified atom stereocenters. The number of urea groups is 1. The minimum atomic E-state index is -0.302. The van der Waals surface area contributed by atoms with Crippen molar-refractivity contribution < 1.29 is 14.4 Å². The molecule has 0 radical (unpaired) electrons. The molecule has 1 saturated heterocycles. The second kappa shape index (κ2) is 7.81. The van der Waals surface area contributed by atoms with E-state index >= 15 is 0 Å². The highest BCUT2D eigenvalue weighted by atomic mass is 16.2. The van der Waals surface area contributed by atoms with Gasteiger partial charge in [0.25, 0.3) is 0 Å². The van der Waals surface area contributed by atoms with Crippen molar-refractivity contribution in [1.29, 1.82) is 0 Å². The maximum Gasteiger partial charge on any atom is 0.326 e. The van der Waals surface area contributed by atoms with E-state index in [1.54, 1.807) is 17.9 Å². The number of likely N-dealkylation sites (N-methyl/N-ethyl adjacent to an activating group) is 1. The number of benzene rings is 1. The van der Waals surface area contributed by atoms with Crippen LogP contribution in [-0.2, 0) is 16.1 Å². The van der Waals surface area contributed by atoms with E-state index in [1.165, 1.54) is 9.80 Å². The molecule has 4 amide bonds. The van der Waals surface area contributed by atoms with Crippen LogP contribution in [0.1, 0.15) is 18.4 Å². The van der Waals surface area contributed by atoms with Crippen LogP contribution in [0.4, 0.5) is 4.79 Å². The maximum absolute atomic E-state index is 12.0. The summed E-state index contributed by atoms with van der Waals surface area (Å²) in [5.74, 6) is -0.337. The van der Waals surface area contributed by atoms with Crippen LogP contribution in [0.2, 0.25) is 0 Å². The van der Waals surface area contributed by atoms with Crippen LogP contribution < -0.4 is 5.32 Å². The van der Waals surface area contributed by atoms with Gasteiger partial charge in [0.2, 0.25) is 11.8 Å². The molecule has 136 valence electrons. The molecule has 8 heteroatoms. The van der Waals surface area contributed by atoms with Gasteiger partial charge in [-0.2, -0.15) is 5.10 Å². The van der Waals surface area contributed by atoms with Crippen molar-refractivity contribution in [2.24, 2.45) is 0 Å². The van der Waals surface area contributed by atoms with Gasteiger partial charge < -0.3 is 10.2 Å². The molecule has 2 aromatic rings. The number of imide groups is 1. The van der Waals surface area contributed by atoms with Crippen molar-refractivity contribution in [1.82, 2.24) is 24.9 Å². The number of aromatic nitrogens is 2. The van der Waals surface area contributed by atoms with Crippen molar-refractivity contribution in [2.75, 3.05) is 20.1 Å². The second-order valence-electron chi connectivity index (χ2n) is 6.19. The molecule has 3 rings (SSSR count). The smallest absolute Gasteiger partial charge is 0.326 e. The fourth-order valence-corrected chi connectivity index (χ4v) is 2.75. The van der Waals surface area contributed by atoms with Crippen LogP contribution in [0.3, 0.4) is 0 Å². The zero-order chi connectivity index (χ0) is 18.5. The highest BCUT2D eigenvalue weighted by Crippen LogP contribution is 2.10. The summed E-state index contributed by atoms with van der Waals surface area (Å²) in [6.45, 7) is 0.758. The van der Waals surface area contributed by atoms with Gasteiger partial charge in [-0.05, 0) is 18.6 Å². The summed E-state index contributed by atoms with van der Waals surface area (Å²) >= 11 is 0. The molecule has 8 nitrogen and oxygen atoms in total. The molecule has 0 bridgehead atoms. The molecular weight excluding hydrogens is 334 g/mol. The molecule has 1 N–H and O–H groups in total. The molecule has 0 aliphatic carbocycles. The van der Waals surface area contributed by atoms with Gasteiger partial charge in [0.05, 0.1) is 11.9 Å². The quantitative estimate of drug-likeness (QED) is 0.755. The lowest BCUT2D eigenvalue weighted by atomic mass is 10.2. The predicted octanol–water partition coefficient (Wildman–Crippen LogP) is 1.16. The summed E-state index contributed by atoms with van der Waals surface area (Å²) < 4.78 is 1.75. The normalized spacial score (nSPS) is 14.2. The van der Waals surface area contributed by atoms with Crippen LogP contribution in [0.15, 0.2) is 42.7 Å². The Bertz CT molecular complexity index is 802. The van der Waals surface area contributed by atoms with Gasteiger partial charge in [0.15, 0.2) is 0 Å². The lowest BCUT2D eigenvalue weighted by molar-refractivity contribution is -0.126. The molecular formula is C18H21N5O3. The van der Waals surface area contributed by atoms with Gasteiger partial charge >= 0.3 is 6.03 Å². The fraction of sp³-hybridized carbons (Fsp3) is 0.333. The Balaban J connectivity index is 1.41. The number of nitrogens with zero attached hydrogens (tertiary/aromatic N) is 4. The third-order valence-electron chi connectivity index (χ3n) is 4.16. The van der Waals surface area contributed by atoms with Crippen molar-refractivity contribution in [3.05, 3.63) is 48.3 Å². The van der Waals surface area contributed by atoms with Gasteiger partial charge in [-0.3, -0.25) is 14.5 Å². The lowest BCUT2D eigenvalue weighted by Gasteiger charge is -2.13. The number of nitrogens with one attached hydrogen (secondary N) is 1. The second-order valence-corrected chi connectivity index (χ2v) is 6.19. The Morgan fingerprint density at radius 2 is 2.00 bits per heavy atom. The average Bonchev–Trinajstić information content (AvgIpc) is 3.21. The van der Waals surface area contributed by atoms with Crippen molar-refractivity contribution in [2.45, 2.75) is 19.4 Å². The Hall–Kier alpha value is -3.16. The largest absolute Gasteiger partial charge is 0.352 e. The third-order valence-corrected chi connectivity index (χ3v) is 4.16. The van der Waals surface area contributed by atoms with Gasteiger partial charge in [-0.25, -0.2) is 9.48 Å². The highest BCUT2D eigenvalue weighted by Gasteiger charge is 2.32. The van der Waals surface area contributed by atoms with Crippen LogP contribution in [0, 0.1) is 0 Å². The molecule has 0 spiro atoms. The molecule has 1 aliphatic rings. The SMILES string of the molecule is CN1CC(=O)N(CCCC(=O)NCc2cnn(-c3ccccc3)c2)C1=O. The third kappa shape index (κ3) is 4.08. The van der Waals surface area contributed by atoms with Crippen LogP contribution in [-0.4, -0.2) is 57.6 Å². The minimum Gasteiger partial charge on any atom is -0.352 e. The predicted molar refractivity (Wildman–Crippen MR) is 94.4 cm³/mol. The Labute approximate surface area is 151 Å². The monoisotopic (exact) mass is 355 g/mol. The van der Waals surface area contributed by atoms with E-state index in [4.69, 9.17) is 0 Å². The summed E-state index contributed by atoms with van der Waals surface area (Å²) in [7, 11) is 1.59. The van der Waals surface area contributed by atoms with Crippen LogP contribution in [0.5, 0.6) is 0 Å². The first-order chi connectivity index (χ1) is 12.5. The number of carbonyl (C=O) groups excluding carboxylic acids is 3. The number of amides is 4. The van der Waals surface area contributed by atoms with Gasteiger partial charge in [-0.1, -0.05) is 18.2 Å². The maximum atomic E-state index is 12.0. The summed E-state index contributed by atoms with van der Waals surface area (Å²) in [6, 6.07) is 9.42. The van der Waals surface area contributed by atoms with Gasteiger partial charge in [0, 0.05) is 38.3 Å². The molecule has 1 fully saturated rings. The first kappa shape index (κ1) is 17.7. The fourth-order valence-electron chi connectivity index (χ4n) is 2.75. The van der Waals surface area contributed by atoms with Gasteiger partial charge in [0.1, 0.15) is 6.54 Å². The Morgan fingerprint density at radius 1 is 1.23 bits per heavy atom. The molecule has 1 aromatic heterocycles. The van der Waals surface area contributed by atoms with Crippen LogP contribution >= 0.6 is 0 Å². The van der Waals surface area contributed by atoms with E-state index in [2.05, 4.69) is 10.4 Å². The number of hydrogen-bond acceptors (Lipinski definition) is 4. The van der Waals surface area contributed by atoms with Crippen molar-refractivity contribution in [3.8, 4) is 5.69 Å². The first-order valence-corrected chi connectivity index (χ1v) is 8.46. The number of carbonyl (C=O) groups is 3. The molecule has 26 heavy (non-hydrogen) atoms. The van der Waals surface area contributed by atoms with Crippen molar-refractivity contribution in [3.63, 3.8) is 0 Å². The first-order valence-electron chi connectivity index (χ1n) is 8.46. The van der Waals surface area contributed by atoms with Gasteiger partial charge in [-0.15, -0.1) is 0 Å².